The summed E-state index contributed by atoms with van der Waals surface area (Å²) in [5, 5.41) is 22.9. The standard InChI is InChI=1S/C22H19N5O3/c1-12-2-3-13(27-19(28)4-5-20(27)29)10-14(12)21-23-8-7-17(26-21)18-11-15-16(25-18)6-9-24-22(15)30/h2-5,7-8,10-11,25,28-29H,6,9H2,1H3,(H,24,30). The van der Waals surface area contributed by atoms with E-state index in [1.807, 2.05) is 25.1 Å². The van der Waals surface area contributed by atoms with Crippen LogP contribution in [0.15, 0.2) is 48.7 Å². The van der Waals surface area contributed by atoms with Gasteiger partial charge in [-0.2, -0.15) is 0 Å². The minimum Gasteiger partial charge on any atom is -0.494 e. The summed E-state index contributed by atoms with van der Waals surface area (Å²) < 4.78 is 1.34. The van der Waals surface area contributed by atoms with Gasteiger partial charge in [-0.1, -0.05) is 6.07 Å². The van der Waals surface area contributed by atoms with Gasteiger partial charge in [0.1, 0.15) is 0 Å². The number of aromatic hydroxyl groups is 2. The third-order valence-corrected chi connectivity index (χ3v) is 5.30. The van der Waals surface area contributed by atoms with Crippen LogP contribution in [0.2, 0.25) is 0 Å². The van der Waals surface area contributed by atoms with Crippen LogP contribution in [-0.2, 0) is 6.42 Å². The quantitative estimate of drug-likeness (QED) is 0.421. The SMILES string of the molecule is Cc1ccc(-n2c(O)ccc2O)cc1-c1nccc(-c2cc3c([nH]2)CCNC3=O)n1. The highest BCUT2D eigenvalue weighted by Gasteiger charge is 2.21. The maximum atomic E-state index is 12.1. The molecule has 0 saturated heterocycles. The molecule has 0 bridgehead atoms. The van der Waals surface area contributed by atoms with Crippen LogP contribution in [0.5, 0.6) is 11.8 Å². The van der Waals surface area contributed by atoms with Crippen molar-refractivity contribution in [3.05, 3.63) is 65.5 Å². The lowest BCUT2D eigenvalue weighted by Gasteiger charge is -2.11. The molecule has 4 heterocycles. The van der Waals surface area contributed by atoms with Gasteiger partial charge in [0, 0.05) is 42.6 Å². The smallest absolute Gasteiger partial charge is 0.253 e. The number of hydrogen-bond donors (Lipinski definition) is 4. The molecule has 8 heteroatoms. The number of rotatable bonds is 3. The molecule has 0 fully saturated rings. The minimum absolute atomic E-state index is 0.0628. The van der Waals surface area contributed by atoms with Gasteiger partial charge in [-0.05, 0) is 36.8 Å². The van der Waals surface area contributed by atoms with Crippen molar-refractivity contribution >= 4 is 5.91 Å². The Labute approximate surface area is 171 Å². The predicted molar refractivity (Wildman–Crippen MR) is 111 cm³/mol. The average molecular weight is 401 g/mol. The predicted octanol–water partition coefficient (Wildman–Crippen LogP) is 2.93. The molecule has 1 amide bonds. The van der Waals surface area contributed by atoms with Gasteiger partial charge in [-0.25, -0.2) is 9.97 Å². The molecule has 0 unspecified atom stereocenters. The van der Waals surface area contributed by atoms with Crippen molar-refractivity contribution in [3.63, 3.8) is 0 Å². The number of aromatic nitrogens is 4. The van der Waals surface area contributed by atoms with Gasteiger partial charge in [0.2, 0.25) is 0 Å². The van der Waals surface area contributed by atoms with Crippen molar-refractivity contribution in [1.29, 1.82) is 0 Å². The number of aryl methyl sites for hydroxylation is 1. The fourth-order valence-electron chi connectivity index (χ4n) is 3.74. The molecule has 3 aromatic heterocycles. The number of carbonyl (C=O) groups is 1. The topological polar surface area (TPSA) is 116 Å². The zero-order valence-corrected chi connectivity index (χ0v) is 16.2. The Balaban J connectivity index is 1.58. The molecule has 150 valence electrons. The Morgan fingerprint density at radius 3 is 2.60 bits per heavy atom. The van der Waals surface area contributed by atoms with Crippen LogP contribution >= 0.6 is 0 Å². The molecule has 1 aliphatic rings. The van der Waals surface area contributed by atoms with Crippen molar-refractivity contribution < 1.29 is 15.0 Å². The first kappa shape index (κ1) is 18.0. The Bertz CT molecular complexity index is 1270. The van der Waals surface area contributed by atoms with E-state index in [0.29, 0.717) is 29.3 Å². The Hall–Kier alpha value is -4.07. The second kappa shape index (κ2) is 6.77. The molecule has 0 atom stereocenters. The normalized spacial score (nSPS) is 13.2. The highest BCUT2D eigenvalue weighted by Crippen LogP contribution is 2.31. The molecular formula is C22H19N5O3. The van der Waals surface area contributed by atoms with Crippen LogP contribution in [0.25, 0.3) is 28.5 Å². The summed E-state index contributed by atoms with van der Waals surface area (Å²) in [5.74, 6) is 0.303. The van der Waals surface area contributed by atoms with E-state index < -0.39 is 0 Å². The number of aromatic amines is 1. The van der Waals surface area contributed by atoms with E-state index in [2.05, 4.69) is 15.3 Å². The molecular weight excluding hydrogens is 382 g/mol. The van der Waals surface area contributed by atoms with E-state index in [1.165, 1.54) is 16.7 Å². The molecule has 4 N–H and O–H groups in total. The number of hydrogen-bond acceptors (Lipinski definition) is 5. The van der Waals surface area contributed by atoms with Gasteiger partial charge in [0.15, 0.2) is 17.6 Å². The van der Waals surface area contributed by atoms with E-state index in [9.17, 15) is 15.0 Å². The van der Waals surface area contributed by atoms with Crippen LogP contribution < -0.4 is 5.32 Å². The lowest BCUT2D eigenvalue weighted by Crippen LogP contribution is -2.31. The zero-order chi connectivity index (χ0) is 20.8. The molecule has 30 heavy (non-hydrogen) atoms. The van der Waals surface area contributed by atoms with Crippen LogP contribution in [0.1, 0.15) is 21.6 Å². The molecule has 8 nitrogen and oxygen atoms in total. The maximum Gasteiger partial charge on any atom is 0.253 e. The number of benzene rings is 1. The highest BCUT2D eigenvalue weighted by molar-refractivity contribution is 5.97. The van der Waals surface area contributed by atoms with Gasteiger partial charge >= 0.3 is 0 Å². The number of amides is 1. The third kappa shape index (κ3) is 2.89. The van der Waals surface area contributed by atoms with Crippen molar-refractivity contribution in [2.24, 2.45) is 0 Å². The van der Waals surface area contributed by atoms with Gasteiger partial charge in [-0.3, -0.25) is 9.36 Å². The van der Waals surface area contributed by atoms with Gasteiger partial charge in [0.05, 0.1) is 22.6 Å². The lowest BCUT2D eigenvalue weighted by atomic mass is 10.1. The summed E-state index contributed by atoms with van der Waals surface area (Å²) in [4.78, 5) is 24.5. The van der Waals surface area contributed by atoms with E-state index >= 15 is 0 Å². The Kier molecular flexibility index (Phi) is 4.06. The Morgan fingerprint density at radius 2 is 1.83 bits per heavy atom. The highest BCUT2D eigenvalue weighted by atomic mass is 16.3. The second-order valence-electron chi connectivity index (χ2n) is 7.23. The van der Waals surface area contributed by atoms with Crippen molar-refractivity contribution in [3.8, 4) is 40.2 Å². The fraction of sp³-hybridized carbons (Fsp3) is 0.136. The number of fused-ring (bicyclic) bond motifs is 1. The molecule has 5 rings (SSSR count). The minimum atomic E-state index is -0.0806. The number of nitrogens with zero attached hydrogens (tertiary/aromatic N) is 3. The molecule has 1 aromatic carbocycles. The van der Waals surface area contributed by atoms with Crippen LogP contribution in [0, 0.1) is 6.92 Å². The van der Waals surface area contributed by atoms with Crippen LogP contribution in [0.3, 0.4) is 0 Å². The summed E-state index contributed by atoms with van der Waals surface area (Å²) in [7, 11) is 0. The van der Waals surface area contributed by atoms with Gasteiger partial charge < -0.3 is 20.5 Å². The van der Waals surface area contributed by atoms with Gasteiger partial charge in [-0.15, -0.1) is 0 Å². The van der Waals surface area contributed by atoms with E-state index in [4.69, 9.17) is 4.98 Å². The average Bonchev–Trinajstić information content (AvgIpc) is 3.33. The molecule has 0 radical (unpaired) electrons. The molecule has 4 aromatic rings. The van der Waals surface area contributed by atoms with Crippen molar-refractivity contribution in [1.82, 2.24) is 24.8 Å². The maximum absolute atomic E-state index is 12.1. The van der Waals surface area contributed by atoms with Crippen molar-refractivity contribution in [2.75, 3.05) is 6.54 Å². The Morgan fingerprint density at radius 1 is 1.03 bits per heavy atom. The monoisotopic (exact) mass is 401 g/mol. The second-order valence-corrected chi connectivity index (χ2v) is 7.23. The molecule has 0 aliphatic carbocycles. The largest absolute Gasteiger partial charge is 0.494 e. The summed E-state index contributed by atoms with van der Waals surface area (Å²) >= 11 is 0. The number of H-pyrrole nitrogens is 1. The fourth-order valence-corrected chi connectivity index (χ4v) is 3.74. The first-order chi connectivity index (χ1) is 14.5. The summed E-state index contributed by atoms with van der Waals surface area (Å²) in [6.07, 6.45) is 2.43. The zero-order valence-electron chi connectivity index (χ0n) is 16.2. The summed E-state index contributed by atoms with van der Waals surface area (Å²) in [6.45, 7) is 2.56. The number of nitrogens with one attached hydrogen (secondary N) is 2. The first-order valence-corrected chi connectivity index (χ1v) is 9.56. The summed E-state index contributed by atoms with van der Waals surface area (Å²) in [6, 6.07) is 12.0. The summed E-state index contributed by atoms with van der Waals surface area (Å²) in [5.41, 5.74) is 5.31. The third-order valence-electron chi connectivity index (χ3n) is 5.30. The van der Waals surface area contributed by atoms with Gasteiger partial charge in [0.25, 0.3) is 5.91 Å². The lowest BCUT2D eigenvalue weighted by molar-refractivity contribution is 0.0946. The van der Waals surface area contributed by atoms with Crippen LogP contribution in [0.4, 0.5) is 0 Å². The molecule has 1 aliphatic heterocycles. The van der Waals surface area contributed by atoms with Crippen molar-refractivity contribution in [2.45, 2.75) is 13.3 Å². The first-order valence-electron chi connectivity index (χ1n) is 9.56. The van der Waals surface area contributed by atoms with E-state index in [0.717, 1.165) is 28.9 Å². The molecule has 0 spiro atoms. The van der Waals surface area contributed by atoms with E-state index in [1.54, 1.807) is 18.3 Å². The van der Waals surface area contributed by atoms with E-state index in [-0.39, 0.29) is 17.7 Å². The van der Waals surface area contributed by atoms with Crippen LogP contribution in [-0.4, -0.2) is 42.2 Å². The number of carbonyl (C=O) groups excluding carboxylic acids is 1. The molecule has 0 saturated carbocycles.